The molecule has 20 heavy (non-hydrogen) atoms. The standard InChI is InChI=1S/C16H21NO3/c1-5-10-20-15-7-6-13(8-9-16(2,3)19)11-14(15)17(4)12-18/h6-7,11-12,19H,5,10H2,1-4H3. The molecular weight excluding hydrogens is 254 g/mol. The average molecular weight is 275 g/mol. The van der Waals surface area contributed by atoms with Gasteiger partial charge in [0.05, 0.1) is 12.3 Å². The maximum absolute atomic E-state index is 11.0. The number of amides is 1. The maximum Gasteiger partial charge on any atom is 0.213 e. The van der Waals surface area contributed by atoms with E-state index in [1.54, 1.807) is 33.0 Å². The van der Waals surface area contributed by atoms with Gasteiger partial charge in [-0.2, -0.15) is 0 Å². The summed E-state index contributed by atoms with van der Waals surface area (Å²) in [5, 5.41) is 9.61. The second-order valence-electron chi connectivity index (χ2n) is 5.06. The van der Waals surface area contributed by atoms with Crippen LogP contribution < -0.4 is 9.64 Å². The molecule has 0 aliphatic carbocycles. The fraction of sp³-hybridized carbons (Fsp3) is 0.438. The number of rotatable bonds is 5. The minimum Gasteiger partial charge on any atom is -0.491 e. The smallest absolute Gasteiger partial charge is 0.213 e. The topological polar surface area (TPSA) is 49.8 Å². The third kappa shape index (κ3) is 4.94. The normalized spacial score (nSPS) is 10.4. The molecule has 1 aromatic carbocycles. The van der Waals surface area contributed by atoms with E-state index in [0.29, 0.717) is 18.0 Å². The van der Waals surface area contributed by atoms with E-state index in [4.69, 9.17) is 4.74 Å². The van der Waals surface area contributed by atoms with Gasteiger partial charge in [-0.05, 0) is 38.5 Å². The monoisotopic (exact) mass is 275 g/mol. The van der Waals surface area contributed by atoms with Gasteiger partial charge in [-0.3, -0.25) is 4.79 Å². The number of aliphatic hydroxyl groups is 1. The second kappa shape index (κ2) is 6.97. The van der Waals surface area contributed by atoms with Crippen molar-refractivity contribution in [1.82, 2.24) is 0 Å². The molecule has 0 aromatic heterocycles. The van der Waals surface area contributed by atoms with Crippen LogP contribution in [0.5, 0.6) is 5.75 Å². The first-order valence-electron chi connectivity index (χ1n) is 6.58. The average Bonchev–Trinajstić information content (AvgIpc) is 2.41. The Morgan fingerprint density at radius 1 is 1.45 bits per heavy atom. The van der Waals surface area contributed by atoms with E-state index in [1.165, 1.54) is 4.90 Å². The minimum atomic E-state index is -1.05. The summed E-state index contributed by atoms with van der Waals surface area (Å²) in [6.07, 6.45) is 1.62. The lowest BCUT2D eigenvalue weighted by molar-refractivity contribution is -0.107. The van der Waals surface area contributed by atoms with Crippen molar-refractivity contribution >= 4 is 12.1 Å². The first-order chi connectivity index (χ1) is 9.37. The lowest BCUT2D eigenvalue weighted by atomic mass is 10.1. The summed E-state index contributed by atoms with van der Waals surface area (Å²) in [6, 6.07) is 5.38. The van der Waals surface area contributed by atoms with Gasteiger partial charge < -0.3 is 14.7 Å². The third-order valence-electron chi connectivity index (χ3n) is 2.47. The van der Waals surface area contributed by atoms with Crippen molar-refractivity contribution in [2.45, 2.75) is 32.8 Å². The largest absolute Gasteiger partial charge is 0.491 e. The summed E-state index contributed by atoms with van der Waals surface area (Å²) in [7, 11) is 1.66. The van der Waals surface area contributed by atoms with Gasteiger partial charge in [0.2, 0.25) is 6.41 Å². The molecule has 1 amide bonds. The first-order valence-corrected chi connectivity index (χ1v) is 6.58. The van der Waals surface area contributed by atoms with E-state index in [0.717, 1.165) is 18.4 Å². The zero-order chi connectivity index (χ0) is 15.2. The zero-order valence-corrected chi connectivity index (χ0v) is 12.4. The van der Waals surface area contributed by atoms with E-state index < -0.39 is 5.60 Å². The molecule has 0 aliphatic rings. The number of carbonyl (C=O) groups excluding carboxylic acids is 1. The Labute approximate surface area is 120 Å². The predicted octanol–water partition coefficient (Wildman–Crippen LogP) is 2.19. The van der Waals surface area contributed by atoms with Gasteiger partial charge in [0, 0.05) is 12.6 Å². The van der Waals surface area contributed by atoms with Crippen LogP contribution in [0.4, 0.5) is 5.69 Å². The van der Waals surface area contributed by atoms with Crippen LogP contribution in [-0.4, -0.2) is 30.8 Å². The first kappa shape index (κ1) is 16.1. The van der Waals surface area contributed by atoms with E-state index in [9.17, 15) is 9.90 Å². The minimum absolute atomic E-state index is 0.592. The molecule has 4 heteroatoms. The van der Waals surface area contributed by atoms with Gasteiger partial charge in [0.15, 0.2) is 0 Å². The Balaban J connectivity index is 3.12. The Kier molecular flexibility index (Phi) is 5.60. The highest BCUT2D eigenvalue weighted by atomic mass is 16.5. The number of hydrogen-bond acceptors (Lipinski definition) is 3. The van der Waals surface area contributed by atoms with E-state index in [1.807, 2.05) is 13.0 Å². The lowest BCUT2D eigenvalue weighted by Crippen LogP contribution is -2.16. The molecule has 0 radical (unpaired) electrons. The summed E-state index contributed by atoms with van der Waals surface area (Å²) in [4.78, 5) is 12.4. The summed E-state index contributed by atoms with van der Waals surface area (Å²) in [6.45, 7) is 5.86. The molecule has 0 atom stereocenters. The number of benzene rings is 1. The van der Waals surface area contributed by atoms with Gasteiger partial charge in [0.1, 0.15) is 11.4 Å². The van der Waals surface area contributed by atoms with Crippen LogP contribution in [0.3, 0.4) is 0 Å². The van der Waals surface area contributed by atoms with Crippen molar-refractivity contribution < 1.29 is 14.6 Å². The van der Waals surface area contributed by atoms with Gasteiger partial charge in [-0.15, -0.1) is 0 Å². The molecule has 0 spiro atoms. The van der Waals surface area contributed by atoms with Crippen LogP contribution in [0.25, 0.3) is 0 Å². The number of ether oxygens (including phenoxy) is 1. The highest BCUT2D eigenvalue weighted by molar-refractivity contribution is 5.79. The Morgan fingerprint density at radius 2 is 2.15 bits per heavy atom. The van der Waals surface area contributed by atoms with E-state index in [2.05, 4.69) is 11.8 Å². The molecule has 4 nitrogen and oxygen atoms in total. The molecule has 0 saturated heterocycles. The van der Waals surface area contributed by atoms with Crippen molar-refractivity contribution in [3.63, 3.8) is 0 Å². The maximum atomic E-state index is 11.0. The summed E-state index contributed by atoms with van der Waals surface area (Å²) < 4.78 is 5.61. The highest BCUT2D eigenvalue weighted by Gasteiger charge is 2.10. The SMILES string of the molecule is CCCOc1ccc(C#CC(C)(C)O)cc1N(C)C=O. The van der Waals surface area contributed by atoms with Crippen molar-refractivity contribution in [3.8, 4) is 17.6 Å². The van der Waals surface area contributed by atoms with Crippen LogP contribution in [0, 0.1) is 11.8 Å². The predicted molar refractivity (Wildman–Crippen MR) is 79.9 cm³/mol. The van der Waals surface area contributed by atoms with Crippen molar-refractivity contribution in [2.24, 2.45) is 0 Å². The van der Waals surface area contributed by atoms with Crippen LogP contribution in [0.2, 0.25) is 0 Å². The molecule has 1 rings (SSSR count). The quantitative estimate of drug-likeness (QED) is 0.662. The third-order valence-corrected chi connectivity index (χ3v) is 2.47. The second-order valence-corrected chi connectivity index (χ2v) is 5.06. The zero-order valence-electron chi connectivity index (χ0n) is 12.4. The van der Waals surface area contributed by atoms with Gasteiger partial charge >= 0.3 is 0 Å². The van der Waals surface area contributed by atoms with Crippen molar-refractivity contribution in [1.29, 1.82) is 0 Å². The molecule has 0 bridgehead atoms. The van der Waals surface area contributed by atoms with Crippen molar-refractivity contribution in [3.05, 3.63) is 23.8 Å². The molecule has 0 aliphatic heterocycles. The van der Waals surface area contributed by atoms with Gasteiger partial charge in [-0.1, -0.05) is 18.8 Å². The Bertz CT molecular complexity index is 521. The van der Waals surface area contributed by atoms with Crippen LogP contribution in [0.15, 0.2) is 18.2 Å². The van der Waals surface area contributed by atoms with Gasteiger partial charge in [-0.25, -0.2) is 0 Å². The Morgan fingerprint density at radius 3 is 2.70 bits per heavy atom. The van der Waals surface area contributed by atoms with Crippen LogP contribution in [-0.2, 0) is 4.79 Å². The van der Waals surface area contributed by atoms with Crippen LogP contribution in [0.1, 0.15) is 32.8 Å². The molecule has 0 heterocycles. The lowest BCUT2D eigenvalue weighted by Gasteiger charge is -2.16. The number of hydrogen-bond donors (Lipinski definition) is 1. The van der Waals surface area contributed by atoms with Crippen LogP contribution >= 0.6 is 0 Å². The fourth-order valence-electron chi connectivity index (χ4n) is 1.49. The number of anilines is 1. The molecular formula is C16H21NO3. The van der Waals surface area contributed by atoms with Gasteiger partial charge in [0.25, 0.3) is 0 Å². The number of nitrogens with zero attached hydrogens (tertiary/aromatic N) is 1. The summed E-state index contributed by atoms with van der Waals surface area (Å²) in [5.74, 6) is 6.28. The van der Waals surface area contributed by atoms with E-state index in [-0.39, 0.29) is 0 Å². The Hall–Kier alpha value is -1.99. The molecule has 108 valence electrons. The molecule has 1 aromatic rings. The summed E-state index contributed by atoms with van der Waals surface area (Å²) in [5.41, 5.74) is 0.337. The molecule has 0 fully saturated rings. The molecule has 0 unspecified atom stereocenters. The van der Waals surface area contributed by atoms with Crippen molar-refractivity contribution in [2.75, 3.05) is 18.6 Å². The fourth-order valence-corrected chi connectivity index (χ4v) is 1.49. The summed E-state index contributed by atoms with van der Waals surface area (Å²) >= 11 is 0. The number of carbonyl (C=O) groups is 1. The molecule has 1 N–H and O–H groups in total. The molecule has 0 saturated carbocycles. The van der Waals surface area contributed by atoms with E-state index >= 15 is 0 Å². The highest BCUT2D eigenvalue weighted by Crippen LogP contribution is 2.28.